The highest BCUT2D eigenvalue weighted by atomic mass is 32.1. The molecule has 1 saturated heterocycles. The summed E-state index contributed by atoms with van der Waals surface area (Å²) in [6.45, 7) is 6.14. The Labute approximate surface area is 196 Å². The molecule has 9 heteroatoms. The predicted octanol–water partition coefficient (Wildman–Crippen LogP) is 4.21. The number of amides is 3. The van der Waals surface area contributed by atoms with E-state index in [0.29, 0.717) is 34.4 Å². The molecule has 33 heavy (non-hydrogen) atoms. The van der Waals surface area contributed by atoms with Crippen LogP contribution in [0.3, 0.4) is 0 Å². The van der Waals surface area contributed by atoms with E-state index in [1.165, 1.54) is 11.3 Å². The number of nitrogens with one attached hydrogen (secondary N) is 2. The molecule has 0 unspecified atom stereocenters. The second-order valence-electron chi connectivity index (χ2n) is 8.37. The third-order valence-corrected chi connectivity index (χ3v) is 6.40. The lowest BCUT2D eigenvalue weighted by Gasteiger charge is -2.16. The Kier molecular flexibility index (Phi) is 6.50. The number of aryl methyl sites for hydroxylation is 1. The molecule has 0 bridgehead atoms. The van der Waals surface area contributed by atoms with Gasteiger partial charge in [0.1, 0.15) is 5.01 Å². The van der Waals surface area contributed by atoms with Gasteiger partial charge < -0.3 is 10.2 Å². The molecule has 0 spiro atoms. The molecular weight excluding hydrogens is 438 g/mol. The second-order valence-corrected chi connectivity index (χ2v) is 9.37. The molecule has 2 N–H and O–H groups in total. The van der Waals surface area contributed by atoms with Crippen LogP contribution in [0.25, 0.3) is 0 Å². The number of carbonyl (C=O) groups excluding carboxylic acids is 3. The molecule has 1 aliphatic heterocycles. The molecule has 1 aliphatic rings. The van der Waals surface area contributed by atoms with Crippen molar-refractivity contribution in [1.29, 1.82) is 0 Å². The number of carbonyl (C=O) groups is 3. The standard InChI is InChI=1S/C24H25N5O3S/c1-14(2)21(31)25-18-6-4-5-16(11-18)22(32)26-24-28-27-23(33-24)17-12-20(30)29(13-17)19-9-7-15(3)8-10-19/h4-11,14,17H,12-13H2,1-3H3,(H,25,31)(H,26,28,32)/t17-/m0/s1. The smallest absolute Gasteiger partial charge is 0.257 e. The third-order valence-electron chi connectivity index (χ3n) is 5.40. The quantitative estimate of drug-likeness (QED) is 0.570. The largest absolute Gasteiger partial charge is 0.326 e. The SMILES string of the molecule is Cc1ccc(N2C[C@@H](c3nnc(NC(=O)c4cccc(NC(=O)C(C)C)c4)s3)CC2=O)cc1. The molecule has 4 rings (SSSR count). The van der Waals surface area contributed by atoms with Gasteiger partial charge in [-0.15, -0.1) is 10.2 Å². The van der Waals surface area contributed by atoms with E-state index < -0.39 is 0 Å². The summed E-state index contributed by atoms with van der Waals surface area (Å²) in [4.78, 5) is 38.9. The van der Waals surface area contributed by atoms with Crippen molar-refractivity contribution in [3.05, 3.63) is 64.7 Å². The van der Waals surface area contributed by atoms with Crippen molar-refractivity contribution in [3.63, 3.8) is 0 Å². The van der Waals surface area contributed by atoms with Gasteiger partial charge >= 0.3 is 0 Å². The van der Waals surface area contributed by atoms with Crippen LogP contribution >= 0.6 is 11.3 Å². The fourth-order valence-electron chi connectivity index (χ4n) is 3.49. The molecule has 1 fully saturated rings. The minimum Gasteiger partial charge on any atom is -0.326 e. The number of benzene rings is 2. The summed E-state index contributed by atoms with van der Waals surface area (Å²) in [6, 6.07) is 14.6. The van der Waals surface area contributed by atoms with Crippen LogP contribution in [0.1, 0.15) is 47.1 Å². The summed E-state index contributed by atoms with van der Waals surface area (Å²) in [5.41, 5.74) is 2.96. The first-order valence-electron chi connectivity index (χ1n) is 10.7. The van der Waals surface area contributed by atoms with Crippen LogP contribution in [-0.2, 0) is 9.59 Å². The lowest BCUT2D eigenvalue weighted by molar-refractivity contribution is -0.119. The zero-order valence-corrected chi connectivity index (χ0v) is 19.5. The molecule has 3 aromatic rings. The van der Waals surface area contributed by atoms with Crippen LogP contribution in [0.15, 0.2) is 48.5 Å². The van der Waals surface area contributed by atoms with E-state index in [1.54, 1.807) is 43.0 Å². The van der Waals surface area contributed by atoms with E-state index in [4.69, 9.17) is 0 Å². The maximum Gasteiger partial charge on any atom is 0.257 e. The zero-order valence-electron chi connectivity index (χ0n) is 18.7. The molecular formula is C24H25N5O3S. The summed E-state index contributed by atoms with van der Waals surface area (Å²) >= 11 is 1.27. The lowest BCUT2D eigenvalue weighted by Crippen LogP contribution is -2.24. The van der Waals surface area contributed by atoms with Crippen molar-refractivity contribution in [1.82, 2.24) is 10.2 Å². The molecule has 3 amide bonds. The molecule has 2 heterocycles. The summed E-state index contributed by atoms with van der Waals surface area (Å²) in [6.07, 6.45) is 0.355. The highest BCUT2D eigenvalue weighted by molar-refractivity contribution is 7.15. The van der Waals surface area contributed by atoms with E-state index in [-0.39, 0.29) is 29.6 Å². The van der Waals surface area contributed by atoms with Crippen LogP contribution in [0, 0.1) is 12.8 Å². The number of nitrogens with zero attached hydrogens (tertiary/aromatic N) is 3. The predicted molar refractivity (Wildman–Crippen MR) is 129 cm³/mol. The van der Waals surface area contributed by atoms with Crippen LogP contribution < -0.4 is 15.5 Å². The summed E-state index contributed by atoms with van der Waals surface area (Å²) < 4.78 is 0. The lowest BCUT2D eigenvalue weighted by atomic mass is 10.1. The van der Waals surface area contributed by atoms with Crippen LogP contribution in [-0.4, -0.2) is 34.5 Å². The van der Waals surface area contributed by atoms with Crippen molar-refractivity contribution in [2.24, 2.45) is 5.92 Å². The molecule has 0 saturated carbocycles. The monoisotopic (exact) mass is 463 g/mol. The average molecular weight is 464 g/mol. The average Bonchev–Trinajstić information content (AvgIpc) is 3.41. The van der Waals surface area contributed by atoms with Gasteiger partial charge in [0.15, 0.2) is 0 Å². The van der Waals surface area contributed by atoms with Crippen molar-refractivity contribution < 1.29 is 14.4 Å². The van der Waals surface area contributed by atoms with E-state index in [9.17, 15) is 14.4 Å². The molecule has 0 radical (unpaired) electrons. The van der Waals surface area contributed by atoms with E-state index >= 15 is 0 Å². The van der Waals surface area contributed by atoms with Crippen LogP contribution in [0.4, 0.5) is 16.5 Å². The number of hydrogen-bond acceptors (Lipinski definition) is 6. The number of aromatic nitrogens is 2. The first kappa shape index (κ1) is 22.6. The van der Waals surface area contributed by atoms with Gasteiger partial charge in [-0.3, -0.25) is 19.7 Å². The zero-order chi connectivity index (χ0) is 23.5. The molecule has 1 aromatic heterocycles. The summed E-state index contributed by atoms with van der Waals surface area (Å²) in [5.74, 6) is -0.651. The van der Waals surface area contributed by atoms with Gasteiger partial charge in [-0.05, 0) is 37.3 Å². The fourth-order valence-corrected chi connectivity index (χ4v) is 4.32. The fraction of sp³-hybridized carbons (Fsp3) is 0.292. The summed E-state index contributed by atoms with van der Waals surface area (Å²) in [5, 5.41) is 14.9. The number of rotatable bonds is 6. The van der Waals surface area contributed by atoms with Crippen molar-refractivity contribution in [2.45, 2.75) is 33.1 Å². The Morgan fingerprint density at radius 3 is 2.58 bits per heavy atom. The van der Waals surface area contributed by atoms with Gasteiger partial charge in [0.05, 0.1) is 0 Å². The van der Waals surface area contributed by atoms with Crippen LogP contribution in [0.2, 0.25) is 0 Å². The van der Waals surface area contributed by atoms with Gasteiger partial charge in [-0.25, -0.2) is 0 Å². The maximum atomic E-state index is 12.7. The van der Waals surface area contributed by atoms with Crippen LogP contribution in [0.5, 0.6) is 0 Å². The van der Waals surface area contributed by atoms with Crippen molar-refractivity contribution in [2.75, 3.05) is 22.1 Å². The van der Waals surface area contributed by atoms with Gasteiger partial charge in [-0.1, -0.05) is 48.9 Å². The van der Waals surface area contributed by atoms with Gasteiger partial charge in [0.25, 0.3) is 5.91 Å². The maximum absolute atomic E-state index is 12.7. The van der Waals surface area contributed by atoms with E-state index in [2.05, 4.69) is 20.8 Å². The number of anilines is 3. The Morgan fingerprint density at radius 2 is 1.85 bits per heavy atom. The highest BCUT2D eigenvalue weighted by Crippen LogP contribution is 2.34. The van der Waals surface area contributed by atoms with E-state index in [1.807, 2.05) is 31.2 Å². The van der Waals surface area contributed by atoms with Gasteiger partial charge in [-0.2, -0.15) is 0 Å². The minimum atomic E-state index is -0.345. The topological polar surface area (TPSA) is 104 Å². The first-order chi connectivity index (χ1) is 15.8. The highest BCUT2D eigenvalue weighted by Gasteiger charge is 2.34. The Hall–Kier alpha value is -3.59. The van der Waals surface area contributed by atoms with E-state index in [0.717, 1.165) is 11.3 Å². The molecule has 1 atom stereocenters. The minimum absolute atomic E-state index is 0.0462. The Bertz CT molecular complexity index is 1190. The van der Waals surface area contributed by atoms with Crippen molar-refractivity contribution >= 4 is 45.6 Å². The number of hydrogen-bond donors (Lipinski definition) is 2. The first-order valence-corrected chi connectivity index (χ1v) is 11.5. The second kappa shape index (κ2) is 9.50. The Morgan fingerprint density at radius 1 is 1.09 bits per heavy atom. The summed E-state index contributed by atoms with van der Waals surface area (Å²) in [7, 11) is 0. The third kappa shape index (κ3) is 5.25. The van der Waals surface area contributed by atoms with Gasteiger partial charge in [0, 0.05) is 41.7 Å². The van der Waals surface area contributed by atoms with Crippen molar-refractivity contribution in [3.8, 4) is 0 Å². The molecule has 0 aliphatic carbocycles. The molecule has 170 valence electrons. The normalized spacial score (nSPS) is 15.7. The Balaban J connectivity index is 1.41. The molecule has 2 aromatic carbocycles. The van der Waals surface area contributed by atoms with Gasteiger partial charge in [0.2, 0.25) is 16.9 Å². The molecule has 8 nitrogen and oxygen atoms in total.